The second kappa shape index (κ2) is 6.58. The number of hydrogen-bond acceptors (Lipinski definition) is 4. The van der Waals surface area contributed by atoms with Crippen molar-refractivity contribution in [3.05, 3.63) is 17.5 Å². The molecule has 0 aliphatic rings. The minimum Gasteiger partial charge on any atom is -0.369 e. The van der Waals surface area contributed by atoms with Crippen LogP contribution < -0.4 is 5.32 Å². The molecular formula is C10H17ClN4. The number of anilines is 1. The highest BCUT2D eigenvalue weighted by Crippen LogP contribution is 2.05. The summed E-state index contributed by atoms with van der Waals surface area (Å²) >= 11 is 5.67. The molecule has 0 bridgehead atoms. The van der Waals surface area contributed by atoms with Gasteiger partial charge in [0.15, 0.2) is 0 Å². The standard InChI is InChI=1S/C10H17ClN4/c1-3-15(4-2)8-7-12-9-5-6-13-10(11)14-9/h5-6H,3-4,7-8H2,1-2H3,(H,12,13,14). The van der Waals surface area contributed by atoms with Crippen LogP contribution in [0.1, 0.15) is 13.8 Å². The van der Waals surface area contributed by atoms with Gasteiger partial charge in [0.05, 0.1) is 0 Å². The van der Waals surface area contributed by atoms with Gasteiger partial charge < -0.3 is 10.2 Å². The van der Waals surface area contributed by atoms with Gasteiger partial charge in [-0.3, -0.25) is 0 Å². The molecule has 0 spiro atoms. The number of hydrogen-bond donors (Lipinski definition) is 1. The predicted octanol–water partition coefficient (Wildman–Crippen LogP) is 1.88. The molecule has 1 aromatic heterocycles. The van der Waals surface area contributed by atoms with Crippen LogP contribution in [0.3, 0.4) is 0 Å². The summed E-state index contributed by atoms with van der Waals surface area (Å²) in [7, 11) is 0. The molecule has 0 fully saturated rings. The minimum absolute atomic E-state index is 0.280. The van der Waals surface area contributed by atoms with E-state index >= 15 is 0 Å². The summed E-state index contributed by atoms with van der Waals surface area (Å²) in [5.41, 5.74) is 0. The molecule has 1 aromatic rings. The Bertz CT molecular complexity index is 289. The lowest BCUT2D eigenvalue weighted by Gasteiger charge is -2.18. The fraction of sp³-hybridized carbons (Fsp3) is 0.600. The molecule has 0 aromatic carbocycles. The molecule has 84 valence electrons. The molecular weight excluding hydrogens is 212 g/mol. The van der Waals surface area contributed by atoms with E-state index in [0.717, 1.165) is 32.0 Å². The van der Waals surface area contributed by atoms with Gasteiger partial charge in [0, 0.05) is 19.3 Å². The molecule has 1 rings (SSSR count). The van der Waals surface area contributed by atoms with Gasteiger partial charge in [-0.15, -0.1) is 0 Å². The molecule has 1 N–H and O–H groups in total. The van der Waals surface area contributed by atoms with Crippen molar-refractivity contribution < 1.29 is 0 Å². The van der Waals surface area contributed by atoms with Crippen LogP contribution in [0, 0.1) is 0 Å². The van der Waals surface area contributed by atoms with Gasteiger partial charge in [-0.1, -0.05) is 13.8 Å². The van der Waals surface area contributed by atoms with E-state index in [2.05, 4.69) is 34.0 Å². The van der Waals surface area contributed by atoms with Gasteiger partial charge in [-0.05, 0) is 30.8 Å². The zero-order valence-corrected chi connectivity index (χ0v) is 9.96. The topological polar surface area (TPSA) is 41.0 Å². The van der Waals surface area contributed by atoms with Crippen molar-refractivity contribution in [2.45, 2.75) is 13.8 Å². The smallest absolute Gasteiger partial charge is 0.224 e. The lowest BCUT2D eigenvalue weighted by Crippen LogP contribution is -2.28. The largest absolute Gasteiger partial charge is 0.369 e. The Labute approximate surface area is 95.7 Å². The summed E-state index contributed by atoms with van der Waals surface area (Å²) in [6.07, 6.45) is 1.65. The molecule has 0 saturated carbocycles. The summed E-state index contributed by atoms with van der Waals surface area (Å²) in [5.74, 6) is 0.780. The summed E-state index contributed by atoms with van der Waals surface area (Å²) in [5, 5.41) is 3.49. The van der Waals surface area contributed by atoms with Gasteiger partial charge in [0.25, 0.3) is 0 Å². The maximum atomic E-state index is 5.67. The highest BCUT2D eigenvalue weighted by Gasteiger charge is 1.99. The van der Waals surface area contributed by atoms with Crippen LogP contribution >= 0.6 is 11.6 Å². The number of likely N-dealkylation sites (N-methyl/N-ethyl adjacent to an activating group) is 1. The van der Waals surface area contributed by atoms with E-state index in [9.17, 15) is 0 Å². The van der Waals surface area contributed by atoms with Crippen LogP contribution in [0.4, 0.5) is 5.82 Å². The van der Waals surface area contributed by atoms with Gasteiger partial charge in [0.2, 0.25) is 5.28 Å². The average Bonchev–Trinajstić information content (AvgIpc) is 2.25. The SMILES string of the molecule is CCN(CC)CCNc1ccnc(Cl)n1. The third-order valence-electron chi connectivity index (χ3n) is 2.25. The fourth-order valence-corrected chi connectivity index (χ4v) is 1.46. The molecule has 15 heavy (non-hydrogen) atoms. The lowest BCUT2D eigenvalue weighted by molar-refractivity contribution is 0.316. The Balaban J connectivity index is 2.31. The Hall–Kier alpha value is -0.870. The number of nitrogens with one attached hydrogen (secondary N) is 1. The first kappa shape index (κ1) is 12.2. The first-order chi connectivity index (χ1) is 7.26. The van der Waals surface area contributed by atoms with E-state index in [-0.39, 0.29) is 5.28 Å². The molecule has 5 heteroatoms. The second-order valence-electron chi connectivity index (χ2n) is 3.16. The van der Waals surface area contributed by atoms with Gasteiger partial charge in [-0.2, -0.15) is 0 Å². The quantitative estimate of drug-likeness (QED) is 0.755. The minimum atomic E-state index is 0.280. The van der Waals surface area contributed by atoms with Crippen molar-refractivity contribution in [2.24, 2.45) is 0 Å². The molecule has 0 amide bonds. The maximum absolute atomic E-state index is 5.67. The summed E-state index contributed by atoms with van der Waals surface area (Å²) in [6, 6.07) is 1.81. The maximum Gasteiger partial charge on any atom is 0.224 e. The Morgan fingerprint density at radius 2 is 2.13 bits per heavy atom. The monoisotopic (exact) mass is 228 g/mol. The van der Waals surface area contributed by atoms with Crippen LogP contribution in [0.25, 0.3) is 0 Å². The number of rotatable bonds is 6. The van der Waals surface area contributed by atoms with Crippen LogP contribution in [0.2, 0.25) is 5.28 Å². The van der Waals surface area contributed by atoms with Crippen LogP contribution in [-0.2, 0) is 0 Å². The van der Waals surface area contributed by atoms with E-state index < -0.39 is 0 Å². The van der Waals surface area contributed by atoms with Crippen molar-refractivity contribution in [1.82, 2.24) is 14.9 Å². The number of aromatic nitrogens is 2. The molecule has 0 unspecified atom stereocenters. The molecule has 0 aliphatic heterocycles. The predicted molar refractivity (Wildman–Crippen MR) is 63.3 cm³/mol. The lowest BCUT2D eigenvalue weighted by atomic mass is 10.4. The third-order valence-corrected chi connectivity index (χ3v) is 2.44. The van der Waals surface area contributed by atoms with E-state index in [4.69, 9.17) is 11.6 Å². The Kier molecular flexibility index (Phi) is 5.36. The zero-order chi connectivity index (χ0) is 11.1. The molecule has 1 heterocycles. The third kappa shape index (κ3) is 4.44. The highest BCUT2D eigenvalue weighted by molar-refractivity contribution is 6.28. The molecule has 0 atom stereocenters. The second-order valence-corrected chi connectivity index (χ2v) is 3.50. The summed E-state index contributed by atoms with van der Waals surface area (Å²) in [6.45, 7) is 8.34. The first-order valence-electron chi connectivity index (χ1n) is 5.21. The first-order valence-corrected chi connectivity index (χ1v) is 5.58. The fourth-order valence-electron chi connectivity index (χ4n) is 1.32. The van der Waals surface area contributed by atoms with E-state index in [1.807, 2.05) is 6.07 Å². The van der Waals surface area contributed by atoms with Crippen molar-refractivity contribution >= 4 is 17.4 Å². The normalized spacial score (nSPS) is 10.7. The van der Waals surface area contributed by atoms with Gasteiger partial charge in [0.1, 0.15) is 5.82 Å². The highest BCUT2D eigenvalue weighted by atomic mass is 35.5. The van der Waals surface area contributed by atoms with E-state index in [1.54, 1.807) is 6.20 Å². The number of halogens is 1. The van der Waals surface area contributed by atoms with Crippen molar-refractivity contribution in [3.63, 3.8) is 0 Å². The van der Waals surface area contributed by atoms with Crippen molar-refractivity contribution in [3.8, 4) is 0 Å². The number of nitrogens with zero attached hydrogens (tertiary/aromatic N) is 3. The van der Waals surface area contributed by atoms with Crippen LogP contribution in [0.15, 0.2) is 12.3 Å². The van der Waals surface area contributed by atoms with Crippen molar-refractivity contribution in [2.75, 3.05) is 31.5 Å². The molecule has 0 radical (unpaired) electrons. The zero-order valence-electron chi connectivity index (χ0n) is 9.20. The van der Waals surface area contributed by atoms with Crippen molar-refractivity contribution in [1.29, 1.82) is 0 Å². The Morgan fingerprint density at radius 3 is 2.73 bits per heavy atom. The average molecular weight is 229 g/mol. The molecule has 4 nitrogen and oxygen atoms in total. The summed E-state index contributed by atoms with van der Waals surface area (Å²) in [4.78, 5) is 10.2. The van der Waals surface area contributed by atoms with Gasteiger partial charge >= 0.3 is 0 Å². The molecule has 0 aliphatic carbocycles. The summed E-state index contributed by atoms with van der Waals surface area (Å²) < 4.78 is 0. The van der Waals surface area contributed by atoms with Crippen LogP contribution in [0.5, 0.6) is 0 Å². The molecule has 0 saturated heterocycles. The van der Waals surface area contributed by atoms with E-state index in [0.29, 0.717) is 0 Å². The van der Waals surface area contributed by atoms with Crippen LogP contribution in [-0.4, -0.2) is 41.0 Å². The Morgan fingerprint density at radius 1 is 1.40 bits per heavy atom. The van der Waals surface area contributed by atoms with Gasteiger partial charge in [-0.25, -0.2) is 9.97 Å². The van der Waals surface area contributed by atoms with E-state index in [1.165, 1.54) is 0 Å².